The van der Waals surface area contributed by atoms with Gasteiger partial charge < -0.3 is 0 Å². The maximum Gasteiger partial charge on any atom is -0.0351 e. The third-order valence-corrected chi connectivity index (χ3v) is 3.62. The van der Waals surface area contributed by atoms with E-state index in [0.29, 0.717) is 5.41 Å². The van der Waals surface area contributed by atoms with Gasteiger partial charge in [0.1, 0.15) is 0 Å². The zero-order chi connectivity index (χ0) is 9.35. The Morgan fingerprint density at radius 3 is 2.25 bits per heavy atom. The van der Waals surface area contributed by atoms with Crippen molar-refractivity contribution >= 4 is 0 Å². The number of hydrogen-bond donors (Lipinski definition) is 0. The summed E-state index contributed by atoms with van der Waals surface area (Å²) in [5, 5.41) is 0. The van der Waals surface area contributed by atoms with Gasteiger partial charge in [0.15, 0.2) is 0 Å². The largest absolute Gasteiger partial charge is 0.0625 e. The second-order valence-corrected chi connectivity index (χ2v) is 5.79. The van der Waals surface area contributed by atoms with Crippen LogP contribution in [0.3, 0.4) is 0 Å². The van der Waals surface area contributed by atoms with Gasteiger partial charge in [0.25, 0.3) is 0 Å². The van der Waals surface area contributed by atoms with Crippen molar-refractivity contribution in [1.82, 2.24) is 0 Å². The first kappa shape index (κ1) is 10.1. The lowest BCUT2D eigenvalue weighted by atomic mass is 9.65. The second kappa shape index (κ2) is 3.40. The highest BCUT2D eigenvalue weighted by molar-refractivity contribution is 4.83. The van der Waals surface area contributed by atoms with Gasteiger partial charge in [-0.05, 0) is 42.4 Å². The summed E-state index contributed by atoms with van der Waals surface area (Å²) < 4.78 is 0. The zero-order valence-electron chi connectivity index (χ0n) is 9.35. The van der Waals surface area contributed by atoms with Crippen molar-refractivity contribution < 1.29 is 0 Å². The Kier molecular flexibility index (Phi) is 2.85. The Morgan fingerprint density at radius 1 is 1.25 bits per heavy atom. The van der Waals surface area contributed by atoms with E-state index in [1.807, 2.05) is 0 Å². The van der Waals surface area contributed by atoms with E-state index in [-0.39, 0.29) is 0 Å². The van der Waals surface area contributed by atoms with Crippen molar-refractivity contribution in [3.05, 3.63) is 0 Å². The Morgan fingerprint density at radius 2 is 1.83 bits per heavy atom. The Labute approximate surface area is 77.7 Å². The highest BCUT2D eigenvalue weighted by Gasteiger charge is 2.33. The average molecular weight is 168 g/mol. The molecular weight excluding hydrogens is 144 g/mol. The van der Waals surface area contributed by atoms with Gasteiger partial charge in [-0.3, -0.25) is 0 Å². The van der Waals surface area contributed by atoms with Crippen molar-refractivity contribution in [2.24, 2.45) is 23.2 Å². The molecule has 0 N–H and O–H groups in total. The van der Waals surface area contributed by atoms with Crippen LogP contribution in [0, 0.1) is 23.2 Å². The van der Waals surface area contributed by atoms with Gasteiger partial charge in [0.05, 0.1) is 0 Å². The van der Waals surface area contributed by atoms with Gasteiger partial charge in [-0.2, -0.15) is 0 Å². The van der Waals surface area contributed by atoms with Crippen LogP contribution in [-0.2, 0) is 0 Å². The summed E-state index contributed by atoms with van der Waals surface area (Å²) in [4.78, 5) is 0. The van der Waals surface area contributed by atoms with Crippen LogP contribution in [-0.4, -0.2) is 0 Å². The van der Waals surface area contributed by atoms with Gasteiger partial charge in [-0.1, -0.05) is 34.6 Å². The standard InChI is InChI=1S/C12H24/c1-9(2)11-6-7-12(4,5)8-10(11)3/h9-11H,6-8H2,1-5H3/t10-,11+/m1/s1. The van der Waals surface area contributed by atoms with E-state index in [0.717, 1.165) is 17.8 Å². The lowest BCUT2D eigenvalue weighted by Gasteiger charge is -2.41. The minimum absolute atomic E-state index is 0.616. The Balaban J connectivity index is 2.54. The van der Waals surface area contributed by atoms with Crippen molar-refractivity contribution in [3.63, 3.8) is 0 Å². The molecule has 0 heteroatoms. The summed E-state index contributed by atoms with van der Waals surface area (Å²) in [6, 6.07) is 0. The van der Waals surface area contributed by atoms with Crippen LogP contribution in [0.2, 0.25) is 0 Å². The third kappa shape index (κ3) is 2.24. The first-order chi connectivity index (χ1) is 5.42. The summed E-state index contributed by atoms with van der Waals surface area (Å²) in [5.74, 6) is 2.81. The fourth-order valence-electron chi connectivity index (χ4n) is 2.96. The molecule has 0 aromatic heterocycles. The molecule has 0 aliphatic heterocycles. The summed E-state index contributed by atoms with van der Waals surface area (Å²) in [6.07, 6.45) is 4.31. The van der Waals surface area contributed by atoms with Gasteiger partial charge >= 0.3 is 0 Å². The van der Waals surface area contributed by atoms with Gasteiger partial charge in [-0.15, -0.1) is 0 Å². The van der Waals surface area contributed by atoms with Gasteiger partial charge in [0, 0.05) is 0 Å². The summed E-state index contributed by atoms with van der Waals surface area (Å²) in [6.45, 7) is 12.0. The van der Waals surface area contributed by atoms with Crippen molar-refractivity contribution in [1.29, 1.82) is 0 Å². The van der Waals surface area contributed by atoms with E-state index in [9.17, 15) is 0 Å². The molecule has 1 rings (SSSR count). The highest BCUT2D eigenvalue weighted by Crippen LogP contribution is 2.44. The molecule has 2 atom stereocenters. The smallest absolute Gasteiger partial charge is 0.0351 e. The average Bonchev–Trinajstić information content (AvgIpc) is 1.83. The van der Waals surface area contributed by atoms with Crippen LogP contribution in [0.15, 0.2) is 0 Å². The molecule has 12 heavy (non-hydrogen) atoms. The van der Waals surface area contributed by atoms with Gasteiger partial charge in [-0.25, -0.2) is 0 Å². The van der Waals surface area contributed by atoms with E-state index in [4.69, 9.17) is 0 Å². The molecule has 72 valence electrons. The Bertz CT molecular complexity index is 144. The quantitative estimate of drug-likeness (QED) is 0.553. The molecule has 0 nitrogen and oxygen atoms in total. The molecule has 0 spiro atoms. The fourth-order valence-corrected chi connectivity index (χ4v) is 2.96. The van der Waals surface area contributed by atoms with Crippen molar-refractivity contribution in [3.8, 4) is 0 Å². The molecule has 0 aromatic rings. The molecule has 0 amide bonds. The molecule has 0 bridgehead atoms. The predicted molar refractivity (Wildman–Crippen MR) is 55.1 cm³/mol. The summed E-state index contributed by atoms with van der Waals surface area (Å²) in [5.41, 5.74) is 0.616. The normalized spacial score (nSPS) is 35.5. The fraction of sp³-hybridized carbons (Fsp3) is 1.00. The van der Waals surface area contributed by atoms with E-state index in [1.165, 1.54) is 19.3 Å². The summed E-state index contributed by atoms with van der Waals surface area (Å²) in [7, 11) is 0. The van der Waals surface area contributed by atoms with Crippen LogP contribution >= 0.6 is 0 Å². The molecule has 0 saturated heterocycles. The molecule has 1 fully saturated rings. The SMILES string of the molecule is CC(C)[C@@H]1CCC(C)(C)C[C@H]1C. The minimum Gasteiger partial charge on any atom is -0.0625 e. The molecule has 0 unspecified atom stereocenters. The van der Waals surface area contributed by atoms with Crippen LogP contribution in [0.5, 0.6) is 0 Å². The second-order valence-electron chi connectivity index (χ2n) is 5.79. The van der Waals surface area contributed by atoms with E-state index in [1.54, 1.807) is 0 Å². The molecule has 1 saturated carbocycles. The first-order valence-electron chi connectivity index (χ1n) is 5.42. The van der Waals surface area contributed by atoms with Gasteiger partial charge in [0.2, 0.25) is 0 Å². The minimum atomic E-state index is 0.616. The van der Waals surface area contributed by atoms with E-state index < -0.39 is 0 Å². The maximum atomic E-state index is 2.44. The Hall–Kier alpha value is 0. The van der Waals surface area contributed by atoms with Crippen molar-refractivity contribution in [2.75, 3.05) is 0 Å². The monoisotopic (exact) mass is 168 g/mol. The van der Waals surface area contributed by atoms with Crippen LogP contribution in [0.1, 0.15) is 53.9 Å². The molecule has 1 aliphatic rings. The molecule has 0 radical (unpaired) electrons. The van der Waals surface area contributed by atoms with E-state index in [2.05, 4.69) is 34.6 Å². The first-order valence-corrected chi connectivity index (χ1v) is 5.42. The number of hydrogen-bond acceptors (Lipinski definition) is 0. The third-order valence-electron chi connectivity index (χ3n) is 3.62. The highest BCUT2D eigenvalue weighted by atomic mass is 14.4. The number of rotatable bonds is 1. The lowest BCUT2D eigenvalue weighted by Crippen LogP contribution is -2.30. The van der Waals surface area contributed by atoms with Crippen molar-refractivity contribution in [2.45, 2.75) is 53.9 Å². The molecule has 0 heterocycles. The topological polar surface area (TPSA) is 0 Å². The molecular formula is C12H24. The molecule has 1 aliphatic carbocycles. The zero-order valence-corrected chi connectivity index (χ0v) is 9.35. The van der Waals surface area contributed by atoms with Crippen LogP contribution in [0.4, 0.5) is 0 Å². The predicted octanol–water partition coefficient (Wildman–Crippen LogP) is 4.10. The van der Waals surface area contributed by atoms with E-state index >= 15 is 0 Å². The summed E-state index contributed by atoms with van der Waals surface area (Å²) >= 11 is 0. The maximum absolute atomic E-state index is 2.44. The van der Waals surface area contributed by atoms with Crippen LogP contribution < -0.4 is 0 Å². The van der Waals surface area contributed by atoms with Crippen LogP contribution in [0.25, 0.3) is 0 Å². The lowest BCUT2D eigenvalue weighted by molar-refractivity contribution is 0.0996. The molecule has 0 aromatic carbocycles.